The lowest BCUT2D eigenvalue weighted by molar-refractivity contribution is 0.0951. The van der Waals surface area contributed by atoms with Crippen molar-refractivity contribution in [2.75, 3.05) is 30.3 Å². The molecule has 3 aromatic rings. The van der Waals surface area contributed by atoms with Crippen LogP contribution in [0.25, 0.3) is 5.65 Å². The van der Waals surface area contributed by atoms with Crippen LogP contribution in [0.2, 0.25) is 16.8 Å². The van der Waals surface area contributed by atoms with Crippen molar-refractivity contribution in [1.29, 1.82) is 0 Å². The van der Waals surface area contributed by atoms with Gasteiger partial charge in [-0.05, 0) is 22.0 Å². The van der Waals surface area contributed by atoms with Gasteiger partial charge in [-0.1, -0.05) is 5.82 Å². The van der Waals surface area contributed by atoms with Crippen LogP contribution in [0.4, 0.5) is 16.0 Å². The third kappa shape index (κ3) is 3.87. The Labute approximate surface area is 215 Å². The van der Waals surface area contributed by atoms with E-state index in [0.717, 1.165) is 11.0 Å². The molecule has 178 valence electrons. The van der Waals surface area contributed by atoms with E-state index in [1.165, 1.54) is 0 Å². The summed E-state index contributed by atoms with van der Waals surface area (Å²) in [5, 5.41) is 6.88. The molecule has 3 atom stereocenters. The lowest BCUT2D eigenvalue weighted by Gasteiger charge is -2.33. The van der Waals surface area contributed by atoms with E-state index in [-0.39, 0.29) is 41.6 Å². The Morgan fingerprint density at radius 1 is 1.22 bits per heavy atom. The monoisotopic (exact) mass is 481 g/mol. The van der Waals surface area contributed by atoms with Crippen LogP contribution in [-0.2, 0) is 0 Å². The summed E-state index contributed by atoms with van der Waals surface area (Å²) >= 11 is 0. The number of nitrogen functional groups attached to an aromatic ring is 1. The first-order valence-electron chi connectivity index (χ1n) is 12.4. The van der Waals surface area contributed by atoms with Gasteiger partial charge in [0.25, 0.3) is 5.91 Å². The fourth-order valence-electron chi connectivity index (χ4n) is 5.39. The van der Waals surface area contributed by atoms with E-state index >= 15 is 4.39 Å². The van der Waals surface area contributed by atoms with Crippen LogP contribution in [0, 0.1) is 5.82 Å². The minimum Gasteiger partial charge on any atom is -0.478 e. The van der Waals surface area contributed by atoms with E-state index in [4.69, 9.17) is 15.5 Å². The number of nitrogens with one attached hydrogen (secondary N) is 1. The highest BCUT2D eigenvalue weighted by Crippen LogP contribution is 2.48. The first-order valence-corrected chi connectivity index (χ1v) is 12.4. The van der Waals surface area contributed by atoms with Crippen LogP contribution < -0.4 is 37.2 Å². The van der Waals surface area contributed by atoms with Crippen LogP contribution in [0.1, 0.15) is 22.0 Å². The maximum atomic E-state index is 15.3. The molecule has 5 heterocycles. The molecule has 1 amide bonds. The normalized spacial score (nSPS) is 23.5. The van der Waals surface area contributed by atoms with Gasteiger partial charge in [0.05, 0.1) is 12.6 Å². The summed E-state index contributed by atoms with van der Waals surface area (Å²) in [7, 11) is 13.8. The number of fused-ring (bicyclic) bond motifs is 5. The molecule has 0 spiro atoms. The topological polar surface area (TPSA) is 111 Å². The minimum absolute atomic E-state index is 0.125. The molecule has 36 heavy (non-hydrogen) atoms. The van der Waals surface area contributed by atoms with Crippen LogP contribution in [-0.4, -0.2) is 100 Å². The van der Waals surface area contributed by atoms with Gasteiger partial charge in [-0.2, -0.15) is 0 Å². The average Bonchev–Trinajstić information content (AvgIpc) is 3.28. The fraction of sp³-hybridized carbons (Fsp3) is 0.368. The third-order valence-corrected chi connectivity index (χ3v) is 7.68. The predicted octanol–water partition coefficient (Wildman–Crippen LogP) is -7.47. The van der Waals surface area contributed by atoms with E-state index < -0.39 is 5.21 Å². The van der Waals surface area contributed by atoms with Gasteiger partial charge in [-0.25, -0.2) is 18.9 Å². The minimum atomic E-state index is -0.434. The highest BCUT2D eigenvalue weighted by molar-refractivity contribution is 6.40. The van der Waals surface area contributed by atoms with E-state index in [1.54, 1.807) is 20.2 Å². The number of nitrogens with zero attached hydrogens (tertiary/aromatic N) is 5. The Morgan fingerprint density at radius 2 is 1.94 bits per heavy atom. The summed E-state index contributed by atoms with van der Waals surface area (Å²) in [6, 6.07) is -0.213. The maximum Gasteiger partial charge on any atom is 0.258 e. The molecule has 0 saturated carbocycles. The zero-order valence-corrected chi connectivity index (χ0v) is 21.9. The Hall–Kier alpha value is -2.98. The number of pyridine rings is 1. The second-order valence-corrected chi connectivity index (χ2v) is 11.2. The number of aromatic nitrogens is 4. The molecule has 9 nitrogen and oxygen atoms in total. The summed E-state index contributed by atoms with van der Waals surface area (Å²) < 4.78 is 23.2. The maximum absolute atomic E-state index is 15.3. The molecule has 0 aliphatic carbocycles. The van der Waals surface area contributed by atoms with Gasteiger partial charge in [0.1, 0.15) is 64.3 Å². The van der Waals surface area contributed by atoms with Crippen molar-refractivity contribution in [2.24, 2.45) is 0 Å². The molecular weight excluding hydrogens is 453 g/mol. The van der Waals surface area contributed by atoms with Gasteiger partial charge in [0.2, 0.25) is 5.88 Å². The Morgan fingerprint density at radius 3 is 2.67 bits per heavy atom. The number of hydrogen-bond donors (Lipinski definition) is 2. The van der Waals surface area contributed by atoms with Crippen LogP contribution in [0.15, 0.2) is 6.20 Å². The largest absolute Gasteiger partial charge is 0.478 e. The number of nitrogens with two attached hydrogens (primary N) is 1. The van der Waals surface area contributed by atoms with Crippen molar-refractivity contribution in [3.63, 3.8) is 0 Å². The molecule has 17 heteroatoms. The van der Waals surface area contributed by atoms with Crippen molar-refractivity contribution in [2.45, 2.75) is 22.9 Å². The van der Waals surface area contributed by atoms with Crippen molar-refractivity contribution in [1.82, 2.24) is 24.9 Å². The first kappa shape index (κ1) is 24.7. The van der Waals surface area contributed by atoms with Crippen molar-refractivity contribution >= 4 is 94.6 Å². The van der Waals surface area contributed by atoms with Crippen molar-refractivity contribution in [3.8, 4) is 5.88 Å². The first-order chi connectivity index (χ1) is 16.9. The molecule has 3 unspecified atom stereocenters. The Bertz CT molecular complexity index is 1400. The van der Waals surface area contributed by atoms with Gasteiger partial charge in [-0.15, -0.1) is 5.10 Å². The number of ether oxygens (including phenoxy) is 1. The number of rotatable bonds is 0. The standard InChI is InChI=1S/C19H27B7FN7O2/c20-5-1-33-12(9(5)22)7-10(23)11(27)13(24)30-18(7)36-4-19(25,26)3-29-17(35)8-14(28)32-34-2-6(21)15(33)31-16(8)34/h2,5,9,12H,1,3-4,20-26H2,(H2,28,32)(H,29,35). The zero-order chi connectivity index (χ0) is 26.1. The molecule has 2 aliphatic heterocycles. The zero-order valence-electron chi connectivity index (χ0n) is 21.9. The van der Waals surface area contributed by atoms with Gasteiger partial charge in [0.15, 0.2) is 19.3 Å². The molecule has 1 saturated heterocycles. The molecule has 3 aromatic heterocycles. The summed E-state index contributed by atoms with van der Waals surface area (Å²) in [6.45, 7) is 1.33. The molecule has 0 radical (unpaired) electrons. The van der Waals surface area contributed by atoms with E-state index in [0.29, 0.717) is 47.3 Å². The van der Waals surface area contributed by atoms with Gasteiger partial charge >= 0.3 is 0 Å². The van der Waals surface area contributed by atoms with Crippen molar-refractivity contribution < 1.29 is 13.9 Å². The second kappa shape index (κ2) is 8.56. The number of carbonyl (C=O) groups is 1. The quantitative estimate of drug-likeness (QED) is 0.308. The second-order valence-electron chi connectivity index (χ2n) is 11.2. The number of anilines is 2. The van der Waals surface area contributed by atoms with E-state index in [1.807, 2.05) is 29.7 Å². The van der Waals surface area contributed by atoms with Crippen LogP contribution in [0.5, 0.6) is 5.88 Å². The average molecular weight is 480 g/mol. The lowest BCUT2D eigenvalue weighted by Crippen LogP contribution is -2.40. The summed E-state index contributed by atoms with van der Waals surface area (Å²) in [5.41, 5.74) is 9.30. The number of halogens is 1. The highest BCUT2D eigenvalue weighted by Gasteiger charge is 2.42. The van der Waals surface area contributed by atoms with Crippen molar-refractivity contribution in [3.05, 3.63) is 23.1 Å². The molecule has 2 aliphatic rings. The number of carbonyl (C=O) groups excluding carboxylic acids is 1. The summed E-state index contributed by atoms with van der Waals surface area (Å²) in [6.07, 6.45) is 1.84. The lowest BCUT2D eigenvalue weighted by atomic mass is 9.55. The SMILES string of the molecule is Bc1cn2nc(N)c3c2nc1N1CC(B)C(B)C1c1c(nc(B)c(F)c1B)OCC(B)(B)CNC3=O. The van der Waals surface area contributed by atoms with Crippen LogP contribution >= 0.6 is 0 Å². The Kier molecular flexibility index (Phi) is 5.87. The van der Waals surface area contributed by atoms with E-state index in [2.05, 4.69) is 36.0 Å². The fourth-order valence-corrected chi connectivity index (χ4v) is 5.39. The number of hydrogen-bond acceptors (Lipinski definition) is 7. The van der Waals surface area contributed by atoms with Gasteiger partial charge in [0, 0.05) is 30.4 Å². The van der Waals surface area contributed by atoms with Crippen LogP contribution in [0.3, 0.4) is 0 Å². The molecular formula is C19H27B7FN7O2. The predicted molar refractivity (Wildman–Crippen MR) is 158 cm³/mol. The van der Waals surface area contributed by atoms with Gasteiger partial charge in [-0.3, -0.25) is 4.79 Å². The van der Waals surface area contributed by atoms with E-state index in [9.17, 15) is 4.79 Å². The summed E-state index contributed by atoms with van der Waals surface area (Å²) in [4.78, 5) is 24.9. The molecule has 5 rings (SSSR count). The number of amides is 1. The molecule has 0 aromatic carbocycles. The molecule has 1 fully saturated rings. The highest BCUT2D eigenvalue weighted by atomic mass is 19.1. The summed E-state index contributed by atoms with van der Waals surface area (Å²) in [5.74, 6) is 1.10. The molecule has 2 bridgehead atoms. The smallest absolute Gasteiger partial charge is 0.258 e. The van der Waals surface area contributed by atoms with Gasteiger partial charge < -0.3 is 20.7 Å². The molecule has 3 N–H and O–H groups in total. The third-order valence-electron chi connectivity index (χ3n) is 7.68. The Balaban J connectivity index is 1.81.